The molecule has 5 atom stereocenters. The number of nitrogens with zero attached hydrogens (tertiary/aromatic N) is 4. The predicted octanol–water partition coefficient (Wildman–Crippen LogP) is 3.26. The van der Waals surface area contributed by atoms with Crippen LogP contribution in [-0.4, -0.2) is 68.1 Å². The Morgan fingerprint density at radius 1 is 1.00 bits per heavy atom. The number of hydrogen-bond donors (Lipinski definition) is 3. The van der Waals surface area contributed by atoms with E-state index in [1.54, 1.807) is 35.2 Å². The number of nitrogens with one attached hydrogen (secondary N) is 2. The smallest absolute Gasteiger partial charge is 0.336 e. The second-order valence-electron chi connectivity index (χ2n) is 9.52. The van der Waals surface area contributed by atoms with Crippen molar-refractivity contribution in [3.8, 4) is 0 Å². The lowest BCUT2D eigenvalue weighted by molar-refractivity contribution is -0.158. The summed E-state index contributed by atoms with van der Waals surface area (Å²) in [5, 5.41) is 14.9. The van der Waals surface area contributed by atoms with Gasteiger partial charge in [-0.3, -0.25) is 9.88 Å². The normalized spacial score (nSPS) is 23.4. The van der Waals surface area contributed by atoms with E-state index >= 15 is 0 Å². The van der Waals surface area contributed by atoms with Crippen molar-refractivity contribution in [1.29, 1.82) is 0 Å². The Balaban J connectivity index is 1.25. The van der Waals surface area contributed by atoms with E-state index in [4.69, 9.17) is 18.9 Å². The number of aromatic nitrogens is 4. The summed E-state index contributed by atoms with van der Waals surface area (Å²) in [7, 11) is 0. The van der Waals surface area contributed by atoms with Gasteiger partial charge >= 0.3 is 12.0 Å². The Bertz CT molecular complexity index is 1550. The zero-order valence-electron chi connectivity index (χ0n) is 22.0. The molecule has 4 unspecified atom stereocenters. The van der Waals surface area contributed by atoms with E-state index in [9.17, 15) is 14.7 Å². The molecule has 0 bridgehead atoms. The summed E-state index contributed by atoms with van der Waals surface area (Å²) in [6.07, 6.45) is 0.0453. The zero-order valence-corrected chi connectivity index (χ0v) is 22.0. The van der Waals surface area contributed by atoms with Crippen molar-refractivity contribution in [3.63, 3.8) is 0 Å². The Morgan fingerprint density at radius 2 is 1.78 bits per heavy atom. The van der Waals surface area contributed by atoms with Crippen molar-refractivity contribution in [1.82, 2.24) is 24.8 Å². The molecule has 2 aliphatic heterocycles. The Morgan fingerprint density at radius 3 is 2.59 bits per heavy atom. The average Bonchev–Trinajstić information content (AvgIpc) is 3.69. The summed E-state index contributed by atoms with van der Waals surface area (Å²) in [6.45, 7) is 2.49. The molecule has 2 saturated heterocycles. The SMILES string of the molecule is CCNC(=O)Nc1ncnc2c1ncn2C1OC(COCc2ccccc2C(=O)O)C2O[C@@H](c3ccccc3)OC21. The molecule has 2 aromatic carbocycles. The highest BCUT2D eigenvalue weighted by Crippen LogP contribution is 2.45. The fourth-order valence-electron chi connectivity index (χ4n) is 5.04. The van der Waals surface area contributed by atoms with Crippen LogP contribution in [0.15, 0.2) is 67.3 Å². The van der Waals surface area contributed by atoms with Crippen LogP contribution in [0.5, 0.6) is 0 Å². The molecule has 2 fully saturated rings. The van der Waals surface area contributed by atoms with Crippen molar-refractivity contribution in [2.75, 3.05) is 18.5 Å². The second kappa shape index (κ2) is 11.6. The van der Waals surface area contributed by atoms with Crippen LogP contribution in [0.4, 0.5) is 10.6 Å². The summed E-state index contributed by atoms with van der Waals surface area (Å²) in [5.74, 6) is -0.758. The fraction of sp³-hybridized carbons (Fsp3) is 0.321. The van der Waals surface area contributed by atoms with Gasteiger partial charge in [0.15, 0.2) is 29.5 Å². The minimum absolute atomic E-state index is 0.0867. The summed E-state index contributed by atoms with van der Waals surface area (Å²) >= 11 is 0. The Hall–Kier alpha value is -4.43. The van der Waals surface area contributed by atoms with Gasteiger partial charge in [-0.05, 0) is 18.6 Å². The number of carboxylic acids is 1. The zero-order chi connectivity index (χ0) is 28.3. The summed E-state index contributed by atoms with van der Waals surface area (Å²) in [5.41, 5.74) is 2.44. The Labute approximate surface area is 234 Å². The van der Waals surface area contributed by atoms with E-state index in [1.165, 1.54) is 6.33 Å². The minimum atomic E-state index is -1.02. The maximum atomic E-state index is 12.1. The molecule has 0 saturated carbocycles. The largest absolute Gasteiger partial charge is 0.478 e. The number of urea groups is 1. The van der Waals surface area contributed by atoms with Gasteiger partial charge in [-0.25, -0.2) is 24.5 Å². The Kier molecular flexibility index (Phi) is 7.57. The molecule has 4 heterocycles. The number of rotatable bonds is 9. The lowest BCUT2D eigenvalue weighted by atomic mass is 10.1. The van der Waals surface area contributed by atoms with Crippen LogP contribution in [0.3, 0.4) is 0 Å². The molecule has 13 nitrogen and oxygen atoms in total. The van der Waals surface area contributed by atoms with Crippen molar-refractivity contribution < 1.29 is 33.6 Å². The van der Waals surface area contributed by atoms with Gasteiger partial charge in [0.05, 0.1) is 25.1 Å². The number of ether oxygens (including phenoxy) is 4. The standard InChI is InChI=1S/C28H28N6O7/c1-2-29-28(37)33-23-20-24(31-14-30-23)34(15-32-20)25-22-21(40-27(41-22)16-8-4-3-5-9-16)19(39-25)13-38-12-17-10-6-7-11-18(17)26(35)36/h3-11,14-15,19,21-22,25,27H,2,12-13H2,1H3,(H,35,36)(H2,29,30,31,33,37)/t19?,21?,22?,25?,27-/m1/s1. The molecule has 3 N–H and O–H groups in total. The number of carbonyl (C=O) groups is 2. The number of anilines is 1. The van der Waals surface area contributed by atoms with Crippen LogP contribution in [0, 0.1) is 0 Å². The highest BCUT2D eigenvalue weighted by atomic mass is 16.8. The second-order valence-corrected chi connectivity index (χ2v) is 9.52. The van der Waals surface area contributed by atoms with Gasteiger partial charge in [0.25, 0.3) is 0 Å². The molecule has 212 valence electrons. The van der Waals surface area contributed by atoms with Gasteiger partial charge in [-0.2, -0.15) is 0 Å². The van der Waals surface area contributed by atoms with E-state index in [0.717, 1.165) is 5.56 Å². The number of carbonyl (C=O) groups excluding carboxylic acids is 1. The molecule has 6 rings (SSSR count). The van der Waals surface area contributed by atoms with Crippen LogP contribution in [0.2, 0.25) is 0 Å². The molecule has 2 amide bonds. The number of carboxylic acid groups (broad SMARTS) is 1. The molecule has 2 aliphatic rings. The maximum absolute atomic E-state index is 12.1. The summed E-state index contributed by atoms with van der Waals surface area (Å²) in [6, 6.07) is 15.9. The third kappa shape index (κ3) is 5.35. The van der Waals surface area contributed by atoms with Gasteiger partial charge in [0, 0.05) is 12.1 Å². The van der Waals surface area contributed by atoms with Crippen molar-refractivity contribution in [3.05, 3.63) is 83.9 Å². The number of aromatic carboxylic acids is 1. The first-order valence-corrected chi connectivity index (χ1v) is 13.2. The topological polar surface area (TPSA) is 159 Å². The first-order chi connectivity index (χ1) is 20.0. The maximum Gasteiger partial charge on any atom is 0.336 e. The lowest BCUT2D eigenvalue weighted by Gasteiger charge is -2.21. The minimum Gasteiger partial charge on any atom is -0.478 e. The molecule has 41 heavy (non-hydrogen) atoms. The van der Waals surface area contributed by atoms with Crippen LogP contribution < -0.4 is 10.6 Å². The van der Waals surface area contributed by atoms with Crippen LogP contribution in [-0.2, 0) is 25.6 Å². The van der Waals surface area contributed by atoms with Gasteiger partial charge in [0.1, 0.15) is 24.6 Å². The molecule has 0 radical (unpaired) electrons. The highest BCUT2D eigenvalue weighted by Gasteiger charge is 2.54. The third-order valence-electron chi connectivity index (χ3n) is 6.91. The summed E-state index contributed by atoms with van der Waals surface area (Å²) < 4.78 is 26.8. The quantitative estimate of drug-likeness (QED) is 0.277. The number of fused-ring (bicyclic) bond motifs is 2. The average molecular weight is 561 g/mol. The van der Waals surface area contributed by atoms with E-state index in [1.807, 2.05) is 37.3 Å². The van der Waals surface area contributed by atoms with Crippen molar-refractivity contribution in [2.24, 2.45) is 0 Å². The van der Waals surface area contributed by atoms with E-state index in [2.05, 4.69) is 25.6 Å². The molecule has 0 aliphatic carbocycles. The third-order valence-corrected chi connectivity index (χ3v) is 6.91. The molecular weight excluding hydrogens is 532 g/mol. The van der Waals surface area contributed by atoms with Crippen LogP contribution in [0.1, 0.15) is 40.9 Å². The van der Waals surface area contributed by atoms with Crippen LogP contribution in [0.25, 0.3) is 11.2 Å². The van der Waals surface area contributed by atoms with Crippen molar-refractivity contribution >= 4 is 29.0 Å². The molecule has 4 aromatic rings. The molecular formula is C28H28N6O7. The monoisotopic (exact) mass is 560 g/mol. The first-order valence-electron chi connectivity index (χ1n) is 13.2. The van der Waals surface area contributed by atoms with Gasteiger partial charge in [-0.15, -0.1) is 0 Å². The van der Waals surface area contributed by atoms with Crippen molar-refractivity contribution in [2.45, 2.75) is 44.4 Å². The summed E-state index contributed by atoms with van der Waals surface area (Å²) in [4.78, 5) is 36.7. The predicted molar refractivity (Wildman–Crippen MR) is 144 cm³/mol. The van der Waals surface area contributed by atoms with E-state index in [0.29, 0.717) is 23.3 Å². The van der Waals surface area contributed by atoms with Crippen LogP contribution >= 0.6 is 0 Å². The van der Waals surface area contributed by atoms with Gasteiger partial charge < -0.3 is 29.4 Å². The molecule has 13 heteroatoms. The first kappa shape index (κ1) is 26.8. The number of amides is 2. The number of benzene rings is 2. The van der Waals surface area contributed by atoms with E-state index in [-0.39, 0.29) is 24.6 Å². The highest BCUT2D eigenvalue weighted by molar-refractivity contribution is 5.95. The molecule has 0 spiro atoms. The number of imidazole rings is 1. The lowest BCUT2D eigenvalue weighted by Crippen LogP contribution is -2.31. The van der Waals surface area contributed by atoms with Gasteiger partial charge in [0.2, 0.25) is 0 Å². The van der Waals surface area contributed by atoms with E-state index < -0.39 is 42.8 Å². The molecule has 2 aromatic heterocycles. The van der Waals surface area contributed by atoms with Gasteiger partial charge in [-0.1, -0.05) is 48.5 Å². The fourth-order valence-corrected chi connectivity index (χ4v) is 5.04. The number of hydrogen-bond acceptors (Lipinski definition) is 9.